The van der Waals surface area contributed by atoms with Crippen molar-refractivity contribution in [3.8, 4) is 0 Å². The van der Waals surface area contributed by atoms with E-state index in [-0.39, 0.29) is 11.9 Å². The zero-order chi connectivity index (χ0) is 24.2. The predicted octanol–water partition coefficient (Wildman–Crippen LogP) is 4.66. The van der Waals surface area contributed by atoms with Gasteiger partial charge in [0.25, 0.3) is 0 Å². The Morgan fingerprint density at radius 2 is 1.97 bits per heavy atom. The number of aromatic nitrogens is 1. The van der Waals surface area contributed by atoms with Crippen LogP contribution in [0.15, 0.2) is 24.3 Å². The third kappa shape index (κ3) is 6.28. The SMILES string of the molecule is CC(C)CC1c2[nH]c3ccccc3c2CCN1C(=O)[C@H](CCCCN)NC(=O)OC(C)(C)C. The summed E-state index contributed by atoms with van der Waals surface area (Å²) in [6.07, 6.45) is 3.21. The lowest BCUT2D eigenvalue weighted by molar-refractivity contribution is -0.137. The summed E-state index contributed by atoms with van der Waals surface area (Å²) in [5.41, 5.74) is 8.59. The molecule has 1 aromatic carbocycles. The number of carbonyl (C=O) groups is 2. The van der Waals surface area contributed by atoms with Gasteiger partial charge in [-0.3, -0.25) is 4.79 Å². The number of aromatic amines is 1. The highest BCUT2D eigenvalue weighted by Crippen LogP contribution is 2.38. The molecule has 0 spiro atoms. The minimum Gasteiger partial charge on any atom is -0.444 e. The molecule has 1 aromatic heterocycles. The summed E-state index contributed by atoms with van der Waals surface area (Å²) in [5, 5.41) is 4.09. The van der Waals surface area contributed by atoms with Gasteiger partial charge < -0.3 is 25.7 Å². The second-order valence-corrected chi connectivity index (χ2v) is 10.5. The maximum Gasteiger partial charge on any atom is 0.408 e. The van der Waals surface area contributed by atoms with Crippen LogP contribution in [0.5, 0.6) is 0 Å². The molecule has 7 nitrogen and oxygen atoms in total. The fourth-order valence-electron chi connectivity index (χ4n) is 4.67. The maximum atomic E-state index is 13.8. The molecular weight excluding hydrogens is 416 g/mol. The molecule has 182 valence electrons. The standard InChI is InChI=1S/C26H40N4O3/c1-17(2)16-22-23-19(18-10-6-7-11-20(18)28-23)13-15-30(22)24(31)21(12-8-9-14-27)29-25(32)33-26(3,4)5/h6-7,10-11,17,21-22,28H,8-9,12-16,27H2,1-5H3,(H,29,32)/t21-,22?/m0/s1. The number of para-hydroxylation sites is 1. The molecule has 1 unspecified atom stereocenters. The molecule has 0 saturated carbocycles. The lowest BCUT2D eigenvalue weighted by atomic mass is 9.90. The number of carbonyl (C=O) groups excluding carboxylic acids is 2. The van der Waals surface area contributed by atoms with Crippen molar-refractivity contribution in [3.05, 3.63) is 35.5 Å². The lowest BCUT2D eigenvalue weighted by Gasteiger charge is -2.39. The van der Waals surface area contributed by atoms with Crippen LogP contribution in [0, 0.1) is 5.92 Å². The second-order valence-electron chi connectivity index (χ2n) is 10.5. The van der Waals surface area contributed by atoms with Gasteiger partial charge >= 0.3 is 6.09 Å². The molecule has 0 fully saturated rings. The molecule has 7 heteroatoms. The van der Waals surface area contributed by atoms with Crippen LogP contribution in [-0.2, 0) is 16.0 Å². The summed E-state index contributed by atoms with van der Waals surface area (Å²) in [6.45, 7) is 11.0. The van der Waals surface area contributed by atoms with E-state index < -0.39 is 17.7 Å². The third-order valence-electron chi connectivity index (χ3n) is 6.07. The average molecular weight is 457 g/mol. The van der Waals surface area contributed by atoms with Gasteiger partial charge in [-0.25, -0.2) is 4.79 Å². The number of rotatable bonds is 8. The Kier molecular flexibility index (Phi) is 8.05. The van der Waals surface area contributed by atoms with Crippen molar-refractivity contribution >= 4 is 22.9 Å². The van der Waals surface area contributed by atoms with E-state index in [1.165, 1.54) is 10.9 Å². The first-order chi connectivity index (χ1) is 15.6. The van der Waals surface area contributed by atoms with Crippen molar-refractivity contribution in [2.75, 3.05) is 13.1 Å². The maximum absolute atomic E-state index is 13.8. The van der Waals surface area contributed by atoms with Crippen molar-refractivity contribution < 1.29 is 14.3 Å². The van der Waals surface area contributed by atoms with Gasteiger partial charge in [0, 0.05) is 23.1 Å². The smallest absolute Gasteiger partial charge is 0.408 e. The Balaban J connectivity index is 1.88. The van der Waals surface area contributed by atoms with Gasteiger partial charge in [-0.2, -0.15) is 0 Å². The van der Waals surface area contributed by atoms with Gasteiger partial charge in [-0.05, 0) is 77.0 Å². The number of hydrogen-bond acceptors (Lipinski definition) is 4. The molecule has 33 heavy (non-hydrogen) atoms. The highest BCUT2D eigenvalue weighted by molar-refractivity contribution is 5.88. The van der Waals surface area contributed by atoms with Crippen LogP contribution in [0.4, 0.5) is 4.79 Å². The number of hydrogen-bond donors (Lipinski definition) is 3. The van der Waals surface area contributed by atoms with Crippen molar-refractivity contribution in [1.82, 2.24) is 15.2 Å². The molecule has 4 N–H and O–H groups in total. The van der Waals surface area contributed by atoms with Gasteiger partial charge in [0.1, 0.15) is 11.6 Å². The largest absolute Gasteiger partial charge is 0.444 e. The van der Waals surface area contributed by atoms with E-state index in [1.54, 1.807) is 0 Å². The van der Waals surface area contributed by atoms with Crippen LogP contribution in [-0.4, -0.2) is 46.6 Å². The van der Waals surface area contributed by atoms with Crippen LogP contribution in [0.3, 0.4) is 0 Å². The van der Waals surface area contributed by atoms with Crippen molar-refractivity contribution in [3.63, 3.8) is 0 Å². The molecule has 2 amide bonds. The zero-order valence-electron chi connectivity index (χ0n) is 20.7. The van der Waals surface area contributed by atoms with E-state index in [4.69, 9.17) is 10.5 Å². The summed E-state index contributed by atoms with van der Waals surface area (Å²) >= 11 is 0. The molecule has 3 rings (SSSR count). The Morgan fingerprint density at radius 1 is 1.24 bits per heavy atom. The molecule has 2 aromatic rings. The van der Waals surface area contributed by atoms with Crippen molar-refractivity contribution in [1.29, 1.82) is 0 Å². The van der Waals surface area contributed by atoms with E-state index in [0.29, 0.717) is 25.4 Å². The number of amides is 2. The van der Waals surface area contributed by atoms with Gasteiger partial charge in [-0.1, -0.05) is 32.0 Å². The highest BCUT2D eigenvalue weighted by Gasteiger charge is 2.37. The molecule has 0 aliphatic carbocycles. The number of fused-ring (bicyclic) bond motifs is 3. The van der Waals surface area contributed by atoms with Crippen LogP contribution in [0.1, 0.15) is 77.6 Å². The van der Waals surface area contributed by atoms with Crippen molar-refractivity contribution in [2.24, 2.45) is 11.7 Å². The summed E-state index contributed by atoms with van der Waals surface area (Å²) in [6, 6.07) is 7.64. The predicted molar refractivity (Wildman–Crippen MR) is 132 cm³/mol. The van der Waals surface area contributed by atoms with Gasteiger partial charge in [0.15, 0.2) is 0 Å². The highest BCUT2D eigenvalue weighted by atomic mass is 16.6. The monoisotopic (exact) mass is 456 g/mol. The van der Waals surface area contributed by atoms with Crippen LogP contribution in [0.2, 0.25) is 0 Å². The number of unbranched alkanes of at least 4 members (excludes halogenated alkanes) is 1. The number of nitrogens with zero attached hydrogens (tertiary/aromatic N) is 1. The molecular formula is C26H40N4O3. The Bertz CT molecular complexity index is 960. The van der Waals surface area contributed by atoms with Crippen molar-refractivity contribution in [2.45, 2.75) is 84.4 Å². The Hall–Kier alpha value is -2.54. The minimum absolute atomic E-state index is 0.0483. The Morgan fingerprint density at radius 3 is 2.64 bits per heavy atom. The molecule has 0 radical (unpaired) electrons. The molecule has 2 atom stereocenters. The fraction of sp³-hybridized carbons (Fsp3) is 0.615. The number of nitrogens with two attached hydrogens (primary N) is 1. The summed E-state index contributed by atoms with van der Waals surface area (Å²) in [4.78, 5) is 31.9. The third-order valence-corrected chi connectivity index (χ3v) is 6.07. The van der Waals surface area contributed by atoms with E-state index >= 15 is 0 Å². The second kappa shape index (κ2) is 10.6. The molecule has 1 aliphatic heterocycles. The summed E-state index contributed by atoms with van der Waals surface area (Å²) in [5.74, 6) is 0.366. The first-order valence-corrected chi connectivity index (χ1v) is 12.2. The summed E-state index contributed by atoms with van der Waals surface area (Å²) in [7, 11) is 0. The van der Waals surface area contributed by atoms with Crippen LogP contribution < -0.4 is 11.1 Å². The van der Waals surface area contributed by atoms with Crippen LogP contribution in [0.25, 0.3) is 10.9 Å². The normalized spacial score (nSPS) is 17.2. The first kappa shape index (κ1) is 25.1. The van der Waals surface area contributed by atoms with Gasteiger partial charge in [-0.15, -0.1) is 0 Å². The molecule has 0 saturated heterocycles. The molecule has 1 aliphatic rings. The number of alkyl carbamates (subject to hydrolysis) is 1. The number of H-pyrrole nitrogens is 1. The van der Waals surface area contributed by atoms with E-state index in [1.807, 2.05) is 31.7 Å². The molecule has 2 heterocycles. The minimum atomic E-state index is -0.632. The van der Waals surface area contributed by atoms with Gasteiger partial charge in [0.05, 0.1) is 6.04 Å². The number of benzene rings is 1. The Labute approximate surface area is 197 Å². The van der Waals surface area contributed by atoms with Crippen LogP contribution >= 0.6 is 0 Å². The van der Waals surface area contributed by atoms with E-state index in [2.05, 4.69) is 42.3 Å². The molecule has 0 bridgehead atoms. The summed E-state index contributed by atoms with van der Waals surface area (Å²) < 4.78 is 5.45. The first-order valence-electron chi connectivity index (χ1n) is 12.2. The quantitative estimate of drug-likeness (QED) is 0.503. The zero-order valence-corrected chi connectivity index (χ0v) is 20.7. The van der Waals surface area contributed by atoms with Gasteiger partial charge in [0.2, 0.25) is 5.91 Å². The average Bonchev–Trinajstić information content (AvgIpc) is 3.10. The van der Waals surface area contributed by atoms with E-state index in [9.17, 15) is 9.59 Å². The number of nitrogens with one attached hydrogen (secondary N) is 2. The number of ether oxygens (including phenoxy) is 1. The topological polar surface area (TPSA) is 100 Å². The lowest BCUT2D eigenvalue weighted by Crippen LogP contribution is -2.52. The van der Waals surface area contributed by atoms with E-state index in [0.717, 1.165) is 36.9 Å². The fourth-order valence-corrected chi connectivity index (χ4v) is 4.67.